The van der Waals surface area contributed by atoms with Gasteiger partial charge in [-0.25, -0.2) is 17.6 Å². The molecule has 2 aromatic rings. The number of nitrogens with zero attached hydrogens (tertiary/aromatic N) is 3. The van der Waals surface area contributed by atoms with Crippen LogP contribution in [0.3, 0.4) is 0 Å². The predicted octanol–water partition coefficient (Wildman–Crippen LogP) is 3.17. The number of hydrogen-bond donors (Lipinski definition) is 3. The van der Waals surface area contributed by atoms with Crippen LogP contribution in [-0.2, 0) is 11.2 Å². The first-order valence-corrected chi connectivity index (χ1v) is 9.58. The molecule has 1 aromatic carbocycles. The van der Waals surface area contributed by atoms with Gasteiger partial charge >= 0.3 is 0 Å². The fourth-order valence-electron chi connectivity index (χ4n) is 3.60. The van der Waals surface area contributed by atoms with Crippen LogP contribution in [0.15, 0.2) is 30.1 Å². The van der Waals surface area contributed by atoms with E-state index < -0.39 is 29.5 Å². The third-order valence-electron chi connectivity index (χ3n) is 5.27. The summed E-state index contributed by atoms with van der Waals surface area (Å²) >= 11 is 0. The smallest absolute Gasteiger partial charge is 0.267 e. The van der Waals surface area contributed by atoms with Gasteiger partial charge in [-0.2, -0.15) is 4.98 Å². The van der Waals surface area contributed by atoms with Crippen molar-refractivity contribution >= 4 is 17.4 Å². The Balaban J connectivity index is 1.85. The number of halogens is 4. The highest BCUT2D eigenvalue weighted by atomic mass is 19.3. The Kier molecular flexibility index (Phi) is 6.62. The molecule has 11 heteroatoms. The number of rotatable bonds is 6. The zero-order valence-corrected chi connectivity index (χ0v) is 16.7. The van der Waals surface area contributed by atoms with Crippen molar-refractivity contribution in [3.05, 3.63) is 58.7 Å². The van der Waals surface area contributed by atoms with Crippen LogP contribution in [0.5, 0.6) is 0 Å². The third-order valence-corrected chi connectivity index (χ3v) is 5.27. The molecule has 0 aliphatic carbocycles. The molecular formula is C20H22F4N6O. The van der Waals surface area contributed by atoms with Crippen molar-refractivity contribution in [2.75, 3.05) is 11.4 Å². The lowest BCUT2D eigenvalue weighted by Gasteiger charge is -2.30. The molecule has 5 N–H and O–H groups in total. The predicted molar refractivity (Wildman–Crippen MR) is 107 cm³/mol. The van der Waals surface area contributed by atoms with Gasteiger partial charge in [0.25, 0.3) is 12.4 Å². The number of allylic oxidation sites excluding steroid dienone is 2. The minimum Gasteiger partial charge on any atom is -0.404 e. The Hall–Kier alpha value is -3.37. The van der Waals surface area contributed by atoms with E-state index in [0.29, 0.717) is 36.4 Å². The monoisotopic (exact) mass is 438 g/mol. The molecule has 1 fully saturated rings. The molecule has 166 valence electrons. The second-order valence-electron chi connectivity index (χ2n) is 7.18. The average Bonchev–Trinajstić information content (AvgIpc) is 3.21. The van der Waals surface area contributed by atoms with Crippen LogP contribution in [-0.4, -0.2) is 27.6 Å². The summed E-state index contributed by atoms with van der Waals surface area (Å²) in [4.78, 5) is 18.6. The number of amides is 1. The van der Waals surface area contributed by atoms with Crippen LogP contribution < -0.4 is 16.4 Å². The van der Waals surface area contributed by atoms with E-state index in [2.05, 4.69) is 15.2 Å². The maximum Gasteiger partial charge on any atom is 0.267 e. The van der Waals surface area contributed by atoms with Gasteiger partial charge in [0.2, 0.25) is 5.91 Å². The molecule has 1 amide bonds. The molecule has 1 aliphatic rings. The number of hydrogen-bond acceptors (Lipinski definition) is 5. The molecule has 0 radical (unpaired) electrons. The molecule has 0 bridgehead atoms. The number of benzene rings is 1. The molecular weight excluding hydrogens is 416 g/mol. The van der Waals surface area contributed by atoms with Gasteiger partial charge in [-0.15, -0.1) is 5.10 Å². The Bertz CT molecular complexity index is 1030. The molecule has 1 unspecified atom stereocenters. The van der Waals surface area contributed by atoms with E-state index in [1.807, 2.05) is 0 Å². The molecule has 0 spiro atoms. The van der Waals surface area contributed by atoms with E-state index in [9.17, 15) is 22.4 Å². The van der Waals surface area contributed by atoms with Gasteiger partial charge in [0.05, 0.1) is 5.56 Å². The first-order valence-electron chi connectivity index (χ1n) is 9.58. The topological polar surface area (TPSA) is 114 Å². The lowest BCUT2D eigenvalue weighted by Crippen LogP contribution is -2.42. The molecule has 1 aromatic heterocycles. The van der Waals surface area contributed by atoms with Crippen LogP contribution >= 0.6 is 0 Å². The lowest BCUT2D eigenvalue weighted by atomic mass is 9.88. The van der Waals surface area contributed by atoms with Crippen molar-refractivity contribution in [2.24, 2.45) is 17.4 Å². The summed E-state index contributed by atoms with van der Waals surface area (Å²) in [5.74, 6) is -3.61. The Morgan fingerprint density at radius 2 is 2.06 bits per heavy atom. The third kappa shape index (κ3) is 4.39. The van der Waals surface area contributed by atoms with E-state index in [0.717, 1.165) is 12.1 Å². The Morgan fingerprint density at radius 3 is 2.71 bits per heavy atom. The maximum atomic E-state index is 13.9. The SMILES string of the molecule is CC(=C/N)/C(=C\N)c1nc(N2CCCC(Cc3ccc(F)c(F)c3C(F)F)C2=O)n[nH]1. The first-order chi connectivity index (χ1) is 14.8. The summed E-state index contributed by atoms with van der Waals surface area (Å²) in [6, 6.07) is 1.88. The van der Waals surface area contributed by atoms with Gasteiger partial charge in [-0.05, 0) is 49.6 Å². The van der Waals surface area contributed by atoms with E-state index in [4.69, 9.17) is 11.5 Å². The van der Waals surface area contributed by atoms with Crippen molar-refractivity contribution in [3.63, 3.8) is 0 Å². The fraction of sp³-hybridized carbons (Fsp3) is 0.350. The number of carbonyl (C=O) groups is 1. The molecule has 1 saturated heterocycles. The van der Waals surface area contributed by atoms with Gasteiger partial charge in [0.1, 0.15) is 0 Å². The van der Waals surface area contributed by atoms with Crippen molar-refractivity contribution in [1.29, 1.82) is 0 Å². The van der Waals surface area contributed by atoms with Crippen LogP contribution in [0.4, 0.5) is 23.5 Å². The Labute approximate surface area is 175 Å². The number of nitrogens with two attached hydrogens (primary N) is 2. The second kappa shape index (κ2) is 9.19. The van der Waals surface area contributed by atoms with E-state index >= 15 is 0 Å². The summed E-state index contributed by atoms with van der Waals surface area (Å²) in [7, 11) is 0. The van der Waals surface area contributed by atoms with E-state index in [-0.39, 0.29) is 23.8 Å². The summed E-state index contributed by atoms with van der Waals surface area (Å²) in [6.45, 7) is 2.06. The number of alkyl halides is 2. The fourth-order valence-corrected chi connectivity index (χ4v) is 3.60. The second-order valence-corrected chi connectivity index (χ2v) is 7.18. The van der Waals surface area contributed by atoms with Crippen molar-refractivity contribution < 1.29 is 22.4 Å². The zero-order chi connectivity index (χ0) is 22.7. The quantitative estimate of drug-likeness (QED) is 0.474. The lowest BCUT2D eigenvalue weighted by molar-refractivity contribution is -0.123. The molecule has 7 nitrogen and oxygen atoms in total. The van der Waals surface area contributed by atoms with Crippen LogP contribution in [0.2, 0.25) is 0 Å². The number of nitrogens with one attached hydrogen (secondary N) is 1. The number of H-pyrrole nitrogens is 1. The summed E-state index contributed by atoms with van der Waals surface area (Å²) in [6.07, 6.45) is 0.291. The van der Waals surface area contributed by atoms with Gasteiger partial charge < -0.3 is 11.5 Å². The number of aromatic nitrogens is 3. The van der Waals surface area contributed by atoms with Crippen LogP contribution in [0, 0.1) is 17.6 Å². The molecule has 1 atom stereocenters. The summed E-state index contributed by atoms with van der Waals surface area (Å²) in [5, 5.41) is 6.77. The molecule has 31 heavy (non-hydrogen) atoms. The number of aromatic amines is 1. The van der Waals surface area contributed by atoms with Crippen LogP contribution in [0.1, 0.15) is 43.1 Å². The van der Waals surface area contributed by atoms with Crippen molar-refractivity contribution in [2.45, 2.75) is 32.6 Å². The highest BCUT2D eigenvalue weighted by Crippen LogP contribution is 2.32. The van der Waals surface area contributed by atoms with Gasteiger partial charge in [0, 0.05) is 24.2 Å². The maximum absolute atomic E-state index is 13.9. The highest BCUT2D eigenvalue weighted by molar-refractivity contribution is 5.94. The number of piperidine rings is 1. The normalized spacial score (nSPS) is 18.2. The summed E-state index contributed by atoms with van der Waals surface area (Å²) in [5.41, 5.74) is 11.2. The van der Waals surface area contributed by atoms with Crippen LogP contribution in [0.25, 0.3) is 5.57 Å². The van der Waals surface area contributed by atoms with Gasteiger partial charge in [0.15, 0.2) is 17.5 Å². The van der Waals surface area contributed by atoms with Crippen molar-refractivity contribution in [3.8, 4) is 0 Å². The molecule has 0 saturated carbocycles. The first kappa shape index (κ1) is 22.3. The minimum absolute atomic E-state index is 0.0955. The number of anilines is 1. The Morgan fingerprint density at radius 1 is 1.32 bits per heavy atom. The van der Waals surface area contributed by atoms with E-state index in [1.54, 1.807) is 6.92 Å². The molecule has 1 aliphatic heterocycles. The summed E-state index contributed by atoms with van der Waals surface area (Å²) < 4.78 is 53.9. The zero-order valence-electron chi connectivity index (χ0n) is 16.7. The number of carbonyl (C=O) groups excluding carboxylic acids is 1. The highest BCUT2D eigenvalue weighted by Gasteiger charge is 2.33. The van der Waals surface area contributed by atoms with Gasteiger partial charge in [-0.1, -0.05) is 6.07 Å². The van der Waals surface area contributed by atoms with Gasteiger partial charge in [-0.3, -0.25) is 14.8 Å². The van der Waals surface area contributed by atoms with Crippen molar-refractivity contribution in [1.82, 2.24) is 15.2 Å². The minimum atomic E-state index is -3.20. The van der Waals surface area contributed by atoms with E-state index in [1.165, 1.54) is 17.3 Å². The molecule has 2 heterocycles. The standard InChI is InChI=1S/C20H22F4N6O/c1-10(8-25)13(9-26)18-27-20(29-28-18)30-6-2-3-12(19(30)31)7-11-4-5-14(21)16(22)15(11)17(23)24/h4-5,8-9,12,17H,2-3,6-7,25-26H2,1H3,(H,27,28,29)/b10-8-,13-9+. The average molecular weight is 438 g/mol. The molecule has 3 rings (SSSR count). The largest absolute Gasteiger partial charge is 0.404 e.